The Labute approximate surface area is 136 Å². The van der Waals surface area contributed by atoms with Gasteiger partial charge in [0.05, 0.1) is 7.11 Å². The first-order chi connectivity index (χ1) is 10.7. The van der Waals surface area contributed by atoms with Crippen LogP contribution in [0.5, 0.6) is 5.75 Å². The highest BCUT2D eigenvalue weighted by molar-refractivity contribution is 5.60. The number of benzene rings is 2. The Morgan fingerprint density at radius 3 is 2.09 bits per heavy atom. The minimum Gasteiger partial charge on any atom is -0.496 e. The maximum atomic E-state index is 5.52. The summed E-state index contributed by atoms with van der Waals surface area (Å²) in [6, 6.07) is 14.7. The predicted molar refractivity (Wildman–Crippen MR) is 99.8 cm³/mol. The van der Waals surface area contributed by atoms with Crippen molar-refractivity contribution in [2.75, 3.05) is 7.11 Å². The van der Waals surface area contributed by atoms with Gasteiger partial charge >= 0.3 is 0 Å². The summed E-state index contributed by atoms with van der Waals surface area (Å²) in [7, 11) is 1.71. The molecule has 0 amide bonds. The second kappa shape index (κ2) is 11.6. The zero-order chi connectivity index (χ0) is 17.0. The first kappa shape index (κ1) is 20.0. The zero-order valence-electron chi connectivity index (χ0n) is 14.9. The lowest BCUT2D eigenvalue weighted by atomic mass is 9.98. The van der Waals surface area contributed by atoms with Gasteiger partial charge in [-0.2, -0.15) is 0 Å². The fraction of sp³-hybridized carbons (Fsp3) is 0.333. The Balaban J connectivity index is 0.00000102. The molecule has 1 nitrogen and oxygen atoms in total. The van der Waals surface area contributed by atoms with E-state index in [4.69, 9.17) is 4.74 Å². The number of ether oxygens (including phenoxy) is 1. The molecule has 1 heteroatoms. The maximum Gasteiger partial charge on any atom is 0.129 e. The predicted octanol–water partition coefficient (Wildman–Crippen LogP) is 6.29. The summed E-state index contributed by atoms with van der Waals surface area (Å²) in [5.41, 5.74) is 4.79. The third-order valence-electron chi connectivity index (χ3n) is 3.00. The Morgan fingerprint density at radius 1 is 1.00 bits per heavy atom. The fourth-order valence-corrected chi connectivity index (χ4v) is 2.23. The van der Waals surface area contributed by atoms with Gasteiger partial charge in [0, 0.05) is 12.0 Å². The second-order valence-corrected chi connectivity index (χ2v) is 4.41. The lowest BCUT2D eigenvalue weighted by Gasteiger charge is -2.13. The van der Waals surface area contributed by atoms with Crippen LogP contribution >= 0.6 is 0 Å². The van der Waals surface area contributed by atoms with Crippen LogP contribution in [0.15, 0.2) is 49.0 Å². The molecular formula is C21H30O. The number of methoxy groups -OCH3 is 1. The monoisotopic (exact) mass is 298 g/mol. The van der Waals surface area contributed by atoms with Gasteiger partial charge in [0.15, 0.2) is 0 Å². The summed E-state index contributed by atoms with van der Waals surface area (Å²) in [6.45, 7) is 13.9. The minimum atomic E-state index is 0.881. The summed E-state index contributed by atoms with van der Waals surface area (Å²) < 4.78 is 5.52. The molecule has 0 aromatic heterocycles. The first-order valence-corrected chi connectivity index (χ1v) is 8.08. The number of hydrogen-bond donors (Lipinski definition) is 0. The summed E-state index contributed by atoms with van der Waals surface area (Å²) in [5.74, 6) is 0.930. The average molecular weight is 298 g/mol. The van der Waals surface area contributed by atoms with E-state index < -0.39 is 0 Å². The van der Waals surface area contributed by atoms with Gasteiger partial charge < -0.3 is 4.74 Å². The molecule has 0 bridgehead atoms. The van der Waals surface area contributed by atoms with Crippen molar-refractivity contribution in [3.63, 3.8) is 0 Å². The Bertz CT molecular complexity index is 541. The van der Waals surface area contributed by atoms with Gasteiger partial charge in [-0.1, -0.05) is 76.7 Å². The standard InChI is InChI=1S/C17H18O.2C2H6/c1-4-15-10-13(2)11-16(17(15)18-3)12-14-8-6-5-7-9-14;2*1-2/h4-11H,1,12H2,2-3H3;2*1-2H3. The van der Waals surface area contributed by atoms with Crippen molar-refractivity contribution < 1.29 is 4.74 Å². The normalized spacial score (nSPS) is 8.82. The van der Waals surface area contributed by atoms with Crippen LogP contribution in [-0.2, 0) is 6.42 Å². The van der Waals surface area contributed by atoms with E-state index in [0.717, 1.165) is 17.7 Å². The van der Waals surface area contributed by atoms with Gasteiger partial charge in [-0.3, -0.25) is 0 Å². The van der Waals surface area contributed by atoms with Crippen LogP contribution in [0.25, 0.3) is 6.08 Å². The molecule has 0 aliphatic carbocycles. The summed E-state index contributed by atoms with van der Waals surface area (Å²) in [6.07, 6.45) is 2.73. The highest BCUT2D eigenvalue weighted by Gasteiger charge is 2.09. The summed E-state index contributed by atoms with van der Waals surface area (Å²) in [4.78, 5) is 0. The van der Waals surface area contributed by atoms with Crippen molar-refractivity contribution >= 4 is 6.08 Å². The zero-order valence-corrected chi connectivity index (χ0v) is 14.9. The molecule has 0 saturated carbocycles. The molecule has 2 aromatic carbocycles. The van der Waals surface area contributed by atoms with Gasteiger partial charge in [-0.25, -0.2) is 0 Å². The van der Waals surface area contributed by atoms with Crippen LogP contribution in [0.4, 0.5) is 0 Å². The summed E-state index contributed by atoms with van der Waals surface area (Å²) in [5, 5.41) is 0. The highest BCUT2D eigenvalue weighted by Crippen LogP contribution is 2.28. The molecule has 0 N–H and O–H groups in total. The Kier molecular flexibility index (Phi) is 10.6. The second-order valence-electron chi connectivity index (χ2n) is 4.41. The largest absolute Gasteiger partial charge is 0.496 e. The molecule has 0 saturated heterocycles. The van der Waals surface area contributed by atoms with E-state index in [1.165, 1.54) is 16.7 Å². The Morgan fingerprint density at radius 2 is 1.59 bits per heavy atom. The summed E-state index contributed by atoms with van der Waals surface area (Å²) >= 11 is 0. The van der Waals surface area contributed by atoms with Crippen LogP contribution in [0, 0.1) is 6.92 Å². The molecule has 0 atom stereocenters. The molecule has 120 valence electrons. The van der Waals surface area contributed by atoms with Crippen LogP contribution in [0.1, 0.15) is 49.9 Å². The molecule has 0 aliphatic heterocycles. The third-order valence-corrected chi connectivity index (χ3v) is 3.00. The highest BCUT2D eigenvalue weighted by atomic mass is 16.5. The smallest absolute Gasteiger partial charge is 0.129 e. The molecular weight excluding hydrogens is 268 g/mol. The van der Waals surface area contributed by atoms with Gasteiger partial charge in [-0.15, -0.1) is 0 Å². The van der Waals surface area contributed by atoms with Crippen molar-refractivity contribution in [2.45, 2.75) is 41.0 Å². The van der Waals surface area contributed by atoms with E-state index >= 15 is 0 Å². The Hall–Kier alpha value is -2.02. The maximum absolute atomic E-state index is 5.52. The van der Waals surface area contributed by atoms with E-state index in [2.05, 4.69) is 49.9 Å². The van der Waals surface area contributed by atoms with Crippen molar-refractivity contribution in [3.05, 3.63) is 71.3 Å². The quantitative estimate of drug-likeness (QED) is 0.644. The number of hydrogen-bond acceptors (Lipinski definition) is 1. The van der Waals surface area contributed by atoms with E-state index in [9.17, 15) is 0 Å². The number of rotatable bonds is 4. The minimum absolute atomic E-state index is 0.881. The topological polar surface area (TPSA) is 9.23 Å². The first-order valence-electron chi connectivity index (χ1n) is 8.08. The average Bonchev–Trinajstić information content (AvgIpc) is 2.59. The van der Waals surface area contributed by atoms with Crippen LogP contribution in [0.3, 0.4) is 0 Å². The van der Waals surface area contributed by atoms with E-state index in [0.29, 0.717) is 0 Å². The van der Waals surface area contributed by atoms with Gasteiger partial charge in [0.2, 0.25) is 0 Å². The molecule has 22 heavy (non-hydrogen) atoms. The van der Waals surface area contributed by atoms with E-state index in [1.807, 2.05) is 39.8 Å². The number of aryl methyl sites for hydroxylation is 1. The molecule has 2 aromatic rings. The fourth-order valence-electron chi connectivity index (χ4n) is 2.23. The SMILES string of the molecule is C=Cc1cc(C)cc(Cc2ccccc2)c1OC.CC.CC. The van der Waals surface area contributed by atoms with Gasteiger partial charge in [0.1, 0.15) is 5.75 Å². The lowest BCUT2D eigenvalue weighted by molar-refractivity contribution is 0.409. The van der Waals surface area contributed by atoms with Gasteiger partial charge in [-0.05, 0) is 29.7 Å². The van der Waals surface area contributed by atoms with Crippen molar-refractivity contribution in [1.82, 2.24) is 0 Å². The molecule has 0 spiro atoms. The van der Waals surface area contributed by atoms with Crippen LogP contribution in [-0.4, -0.2) is 7.11 Å². The molecule has 0 fully saturated rings. The molecule has 0 radical (unpaired) electrons. The van der Waals surface area contributed by atoms with Crippen molar-refractivity contribution in [1.29, 1.82) is 0 Å². The van der Waals surface area contributed by atoms with Crippen molar-refractivity contribution in [2.24, 2.45) is 0 Å². The van der Waals surface area contributed by atoms with Crippen LogP contribution in [0.2, 0.25) is 0 Å². The van der Waals surface area contributed by atoms with E-state index in [-0.39, 0.29) is 0 Å². The molecule has 0 heterocycles. The van der Waals surface area contributed by atoms with Crippen LogP contribution < -0.4 is 4.74 Å². The molecule has 2 rings (SSSR count). The molecule has 0 aliphatic rings. The van der Waals surface area contributed by atoms with Gasteiger partial charge in [0.25, 0.3) is 0 Å². The van der Waals surface area contributed by atoms with Crippen molar-refractivity contribution in [3.8, 4) is 5.75 Å². The third kappa shape index (κ3) is 5.77. The van der Waals surface area contributed by atoms with E-state index in [1.54, 1.807) is 7.11 Å². The molecule has 0 unspecified atom stereocenters. The lowest BCUT2D eigenvalue weighted by Crippen LogP contribution is -1.97.